The van der Waals surface area contributed by atoms with E-state index in [1.807, 2.05) is 31.2 Å². The first kappa shape index (κ1) is 9.72. The van der Waals surface area contributed by atoms with E-state index in [4.69, 9.17) is 0 Å². The first-order valence-electron chi connectivity index (χ1n) is 4.54. The molecule has 68 valence electrons. The maximum Gasteiger partial charge on any atom is 0.185 e. The highest BCUT2D eigenvalue weighted by Crippen LogP contribution is 2.10. The lowest BCUT2D eigenvalue weighted by atomic mass is 10.0. The molecule has 0 aliphatic heterocycles. The summed E-state index contributed by atoms with van der Waals surface area (Å²) in [5, 5.41) is 0. The Morgan fingerprint density at radius 1 is 1.38 bits per heavy atom. The predicted octanol–water partition coefficient (Wildman–Crippen LogP) is 3.01. The Hall–Kier alpha value is -1.37. The SMILES string of the molecule is C/C=C/C(=O)c1ccccc1CC. The second-order valence-corrected chi connectivity index (χ2v) is 2.87. The second-order valence-electron chi connectivity index (χ2n) is 2.87. The van der Waals surface area contributed by atoms with E-state index in [1.165, 1.54) is 0 Å². The minimum absolute atomic E-state index is 0.0972. The van der Waals surface area contributed by atoms with Crippen molar-refractivity contribution in [3.05, 3.63) is 47.5 Å². The van der Waals surface area contributed by atoms with Crippen LogP contribution in [-0.4, -0.2) is 5.78 Å². The number of aryl methyl sites for hydroxylation is 1. The van der Waals surface area contributed by atoms with Crippen LogP contribution in [0.1, 0.15) is 29.8 Å². The Morgan fingerprint density at radius 3 is 2.69 bits per heavy atom. The highest BCUT2D eigenvalue weighted by molar-refractivity contribution is 6.05. The molecule has 0 unspecified atom stereocenters. The molecular formula is C12H14O. The van der Waals surface area contributed by atoms with E-state index in [9.17, 15) is 4.79 Å². The summed E-state index contributed by atoms with van der Waals surface area (Å²) < 4.78 is 0. The van der Waals surface area contributed by atoms with Crippen molar-refractivity contribution in [2.24, 2.45) is 0 Å². The van der Waals surface area contributed by atoms with Gasteiger partial charge in [0.15, 0.2) is 5.78 Å². The molecule has 0 aliphatic rings. The second kappa shape index (κ2) is 4.61. The van der Waals surface area contributed by atoms with Gasteiger partial charge in [0.1, 0.15) is 0 Å². The molecule has 0 amide bonds. The van der Waals surface area contributed by atoms with Crippen LogP contribution in [0, 0.1) is 0 Å². The van der Waals surface area contributed by atoms with E-state index in [0.29, 0.717) is 0 Å². The molecule has 0 heterocycles. The molecule has 0 bridgehead atoms. The fourth-order valence-electron chi connectivity index (χ4n) is 1.31. The highest BCUT2D eigenvalue weighted by Gasteiger charge is 2.04. The van der Waals surface area contributed by atoms with E-state index in [1.54, 1.807) is 12.2 Å². The zero-order valence-electron chi connectivity index (χ0n) is 8.08. The third-order valence-electron chi connectivity index (χ3n) is 1.98. The molecule has 1 aromatic rings. The van der Waals surface area contributed by atoms with Gasteiger partial charge in [0, 0.05) is 5.56 Å². The monoisotopic (exact) mass is 174 g/mol. The minimum atomic E-state index is 0.0972. The van der Waals surface area contributed by atoms with E-state index < -0.39 is 0 Å². The molecule has 0 fully saturated rings. The number of ketones is 1. The largest absolute Gasteiger partial charge is 0.289 e. The molecular weight excluding hydrogens is 160 g/mol. The standard InChI is InChI=1S/C12H14O/c1-3-7-12(13)11-9-6-5-8-10(11)4-2/h3,5-9H,4H2,1-2H3/b7-3+. The first-order valence-corrected chi connectivity index (χ1v) is 4.54. The summed E-state index contributed by atoms with van der Waals surface area (Å²) in [5.74, 6) is 0.0972. The van der Waals surface area contributed by atoms with E-state index in [0.717, 1.165) is 17.5 Å². The predicted molar refractivity (Wildman–Crippen MR) is 55.0 cm³/mol. The smallest absolute Gasteiger partial charge is 0.185 e. The minimum Gasteiger partial charge on any atom is -0.289 e. The Balaban J connectivity index is 3.05. The van der Waals surface area contributed by atoms with Crippen molar-refractivity contribution >= 4 is 5.78 Å². The average Bonchev–Trinajstić information content (AvgIpc) is 2.18. The number of hydrogen-bond acceptors (Lipinski definition) is 1. The van der Waals surface area contributed by atoms with Gasteiger partial charge in [0.25, 0.3) is 0 Å². The lowest BCUT2D eigenvalue weighted by Crippen LogP contribution is -1.99. The summed E-state index contributed by atoms with van der Waals surface area (Å²) in [6, 6.07) is 7.74. The number of rotatable bonds is 3. The van der Waals surface area contributed by atoms with Gasteiger partial charge in [-0.3, -0.25) is 4.79 Å². The molecule has 0 saturated heterocycles. The van der Waals surface area contributed by atoms with Crippen molar-refractivity contribution in [3.8, 4) is 0 Å². The highest BCUT2D eigenvalue weighted by atomic mass is 16.1. The molecule has 0 radical (unpaired) electrons. The van der Waals surface area contributed by atoms with Crippen molar-refractivity contribution < 1.29 is 4.79 Å². The lowest BCUT2D eigenvalue weighted by Gasteiger charge is -2.02. The molecule has 1 heteroatoms. The van der Waals surface area contributed by atoms with Crippen molar-refractivity contribution in [2.75, 3.05) is 0 Å². The Morgan fingerprint density at radius 2 is 2.08 bits per heavy atom. The summed E-state index contributed by atoms with van der Waals surface area (Å²) in [6.07, 6.45) is 4.28. The molecule has 0 saturated carbocycles. The zero-order valence-corrected chi connectivity index (χ0v) is 8.08. The lowest BCUT2D eigenvalue weighted by molar-refractivity contribution is 0.104. The van der Waals surface area contributed by atoms with Crippen LogP contribution < -0.4 is 0 Å². The molecule has 0 aromatic heterocycles. The fraction of sp³-hybridized carbons (Fsp3) is 0.250. The Labute approximate surface area is 79.1 Å². The quantitative estimate of drug-likeness (QED) is 0.508. The topological polar surface area (TPSA) is 17.1 Å². The molecule has 13 heavy (non-hydrogen) atoms. The van der Waals surface area contributed by atoms with Gasteiger partial charge in [-0.25, -0.2) is 0 Å². The number of carbonyl (C=O) groups excluding carboxylic acids is 1. The summed E-state index contributed by atoms with van der Waals surface area (Å²) in [5.41, 5.74) is 1.94. The zero-order chi connectivity index (χ0) is 9.68. The molecule has 0 N–H and O–H groups in total. The Kier molecular flexibility index (Phi) is 3.44. The van der Waals surface area contributed by atoms with Crippen molar-refractivity contribution in [1.82, 2.24) is 0 Å². The van der Waals surface area contributed by atoms with Crippen LogP contribution >= 0.6 is 0 Å². The number of allylic oxidation sites excluding steroid dienone is 2. The van der Waals surface area contributed by atoms with Crippen LogP contribution in [0.2, 0.25) is 0 Å². The van der Waals surface area contributed by atoms with Gasteiger partial charge in [-0.15, -0.1) is 0 Å². The molecule has 0 spiro atoms. The van der Waals surface area contributed by atoms with Gasteiger partial charge in [0.2, 0.25) is 0 Å². The molecule has 1 aromatic carbocycles. The molecule has 0 atom stereocenters. The number of benzene rings is 1. The maximum atomic E-state index is 11.5. The van der Waals surface area contributed by atoms with Gasteiger partial charge in [0.05, 0.1) is 0 Å². The van der Waals surface area contributed by atoms with Gasteiger partial charge < -0.3 is 0 Å². The fourth-order valence-corrected chi connectivity index (χ4v) is 1.31. The van der Waals surface area contributed by atoms with Crippen LogP contribution in [-0.2, 0) is 6.42 Å². The molecule has 1 rings (SSSR count). The van der Waals surface area contributed by atoms with Crippen LogP contribution in [0.3, 0.4) is 0 Å². The molecule has 1 nitrogen and oxygen atoms in total. The van der Waals surface area contributed by atoms with Gasteiger partial charge in [-0.2, -0.15) is 0 Å². The number of hydrogen-bond donors (Lipinski definition) is 0. The van der Waals surface area contributed by atoms with E-state index >= 15 is 0 Å². The van der Waals surface area contributed by atoms with Crippen molar-refractivity contribution in [3.63, 3.8) is 0 Å². The van der Waals surface area contributed by atoms with Crippen LogP contribution in [0.5, 0.6) is 0 Å². The van der Waals surface area contributed by atoms with Gasteiger partial charge >= 0.3 is 0 Å². The normalized spacial score (nSPS) is 10.6. The van der Waals surface area contributed by atoms with Crippen LogP contribution in [0.4, 0.5) is 0 Å². The van der Waals surface area contributed by atoms with Crippen molar-refractivity contribution in [2.45, 2.75) is 20.3 Å². The third-order valence-corrected chi connectivity index (χ3v) is 1.98. The number of carbonyl (C=O) groups is 1. The summed E-state index contributed by atoms with van der Waals surface area (Å²) in [4.78, 5) is 11.5. The summed E-state index contributed by atoms with van der Waals surface area (Å²) in [7, 11) is 0. The third kappa shape index (κ3) is 2.28. The first-order chi connectivity index (χ1) is 6.29. The van der Waals surface area contributed by atoms with E-state index in [-0.39, 0.29) is 5.78 Å². The van der Waals surface area contributed by atoms with Crippen LogP contribution in [0.25, 0.3) is 0 Å². The van der Waals surface area contributed by atoms with Gasteiger partial charge in [-0.05, 0) is 25.0 Å². The summed E-state index contributed by atoms with van der Waals surface area (Å²) in [6.45, 7) is 3.91. The van der Waals surface area contributed by atoms with Crippen LogP contribution in [0.15, 0.2) is 36.4 Å². The maximum absolute atomic E-state index is 11.5. The Bertz CT molecular complexity index is 324. The average molecular weight is 174 g/mol. The van der Waals surface area contributed by atoms with Gasteiger partial charge in [-0.1, -0.05) is 37.3 Å². The molecule has 0 aliphatic carbocycles. The van der Waals surface area contributed by atoms with Crippen molar-refractivity contribution in [1.29, 1.82) is 0 Å². The van der Waals surface area contributed by atoms with E-state index in [2.05, 4.69) is 6.92 Å². The summed E-state index contributed by atoms with van der Waals surface area (Å²) >= 11 is 0.